The number of hydrogen-bond acceptors (Lipinski definition) is 0. The summed E-state index contributed by atoms with van der Waals surface area (Å²) < 4.78 is 0. The van der Waals surface area contributed by atoms with Crippen molar-refractivity contribution in [3.8, 4) is 0 Å². The highest BCUT2D eigenvalue weighted by molar-refractivity contribution is 7.40. The highest BCUT2D eigenvalue weighted by Crippen LogP contribution is 2.27. The Hall–Kier alpha value is 1.30. The van der Waals surface area contributed by atoms with Crippen molar-refractivity contribution in [2.24, 2.45) is 0 Å². The van der Waals surface area contributed by atoms with Crippen LogP contribution in [0.2, 0.25) is 17.8 Å². The molecule has 0 fully saturated rings. The Morgan fingerprint density at radius 1 is 1.20 bits per heavy atom. The molecule has 0 spiro atoms. The van der Waals surface area contributed by atoms with E-state index in [1.807, 2.05) is 0 Å². The van der Waals surface area contributed by atoms with Crippen LogP contribution in [0.15, 0.2) is 0 Å². The summed E-state index contributed by atoms with van der Waals surface area (Å²) in [6.45, 7) is 4.26. The lowest BCUT2D eigenvalue weighted by Crippen LogP contribution is -2.28. The summed E-state index contributed by atoms with van der Waals surface area (Å²) in [6.07, 6.45) is 0. The van der Waals surface area contributed by atoms with Gasteiger partial charge in [-0.3, -0.25) is 0 Å². The van der Waals surface area contributed by atoms with Crippen molar-refractivity contribution >= 4 is 48.0 Å². The molecule has 0 aromatic carbocycles. The topological polar surface area (TPSA) is 0 Å². The summed E-state index contributed by atoms with van der Waals surface area (Å²) in [5.41, 5.74) is 0.949. The Balaban J connectivity index is 3.80. The maximum atomic E-state index is 6.31. The summed E-state index contributed by atoms with van der Waals surface area (Å²) in [4.78, 5) is 0. The fraction of sp³-hybridized carbons (Fsp3) is 1.00. The maximum Gasteiger partial charge on any atom is 0.235 e. The third kappa shape index (κ3) is 4.24. The third-order valence-corrected chi connectivity index (χ3v) is 14.3. The maximum absolute atomic E-state index is 6.31. The van der Waals surface area contributed by atoms with Crippen LogP contribution in [-0.2, 0) is 0 Å². The van der Waals surface area contributed by atoms with E-state index in [2.05, 4.69) is 13.8 Å². The summed E-state index contributed by atoms with van der Waals surface area (Å²) in [5, 5.41) is 0. The van der Waals surface area contributed by atoms with Gasteiger partial charge in [-0.15, -0.1) is 0 Å². The van der Waals surface area contributed by atoms with Gasteiger partial charge in [-0.1, -0.05) is 13.8 Å². The first-order valence-corrected chi connectivity index (χ1v) is 11.4. The fourth-order valence-corrected chi connectivity index (χ4v) is 14.0. The zero-order chi connectivity index (χ0) is 8.20. The Bertz CT molecular complexity index is 92.9. The van der Waals surface area contributed by atoms with Gasteiger partial charge in [0.2, 0.25) is 7.42 Å². The van der Waals surface area contributed by atoms with E-state index < -0.39 is 14.8 Å². The average Bonchev–Trinajstić information content (AvgIpc) is 1.87. The molecule has 0 aliphatic heterocycles. The molecule has 0 aromatic heterocycles. The van der Waals surface area contributed by atoms with Gasteiger partial charge in [0.1, 0.15) is 0 Å². The summed E-state index contributed by atoms with van der Waals surface area (Å²) in [6, 6.07) is 2.18. The molecular weight excluding hydrogens is 223 g/mol. The van der Waals surface area contributed by atoms with Crippen molar-refractivity contribution in [2.75, 3.05) is 0 Å². The molecule has 0 radical (unpaired) electrons. The van der Waals surface area contributed by atoms with Crippen LogP contribution >= 0.6 is 33.2 Å². The van der Waals surface area contributed by atoms with E-state index >= 15 is 0 Å². The third-order valence-electron chi connectivity index (χ3n) is 1.79. The number of halogens is 3. The molecule has 0 saturated carbocycles. The Kier molecular flexibility index (Phi) is 5.70. The molecule has 0 unspecified atom stereocenters. The summed E-state index contributed by atoms with van der Waals surface area (Å²) in [7, 11) is -2.95. The van der Waals surface area contributed by atoms with Crippen molar-refractivity contribution in [1.29, 1.82) is 0 Å². The first-order chi connectivity index (χ1) is 4.54. The number of rotatable bonds is 4. The van der Waals surface area contributed by atoms with E-state index in [4.69, 9.17) is 33.2 Å². The second kappa shape index (κ2) is 5.04. The van der Waals surface area contributed by atoms with Gasteiger partial charge in [0.15, 0.2) is 7.38 Å². The van der Waals surface area contributed by atoms with Crippen molar-refractivity contribution in [1.82, 2.24) is 0 Å². The second-order valence-corrected chi connectivity index (χ2v) is 14.8. The second-order valence-electron chi connectivity index (χ2n) is 2.45. The molecule has 0 atom stereocenters. The lowest BCUT2D eigenvalue weighted by atomic mass is 10.9. The van der Waals surface area contributed by atoms with Crippen molar-refractivity contribution in [3.05, 3.63) is 0 Å². The van der Waals surface area contributed by atoms with E-state index in [1.165, 1.54) is 0 Å². The molecule has 0 amide bonds. The Morgan fingerprint density at radius 2 is 1.60 bits per heavy atom. The Labute approximate surface area is 79.6 Å². The van der Waals surface area contributed by atoms with Gasteiger partial charge in [0.05, 0.1) is 0 Å². The van der Waals surface area contributed by atoms with Crippen LogP contribution in [0.1, 0.15) is 13.8 Å². The summed E-state index contributed by atoms with van der Waals surface area (Å²) in [5.74, 6) is 0. The van der Waals surface area contributed by atoms with Crippen LogP contribution < -0.4 is 0 Å². The molecule has 5 heteroatoms. The molecule has 0 heterocycles. The monoisotopic (exact) mass is 234 g/mol. The minimum Gasteiger partial charge on any atom is -0.167 e. The first-order valence-electron chi connectivity index (χ1n) is 3.51. The summed E-state index contributed by atoms with van der Waals surface area (Å²) >= 11 is 17.9. The van der Waals surface area contributed by atoms with E-state index in [-0.39, 0.29) is 0 Å². The lowest BCUT2D eigenvalue weighted by molar-refractivity contribution is 1.28. The SMILES string of the molecule is CC[Si](Cl)(CC)C[SiH](Cl)Cl. The normalized spacial score (nSPS) is 12.6. The quantitative estimate of drug-likeness (QED) is 0.517. The van der Waals surface area contributed by atoms with Crippen molar-refractivity contribution < 1.29 is 0 Å². The molecule has 0 aliphatic rings. The highest BCUT2D eigenvalue weighted by Gasteiger charge is 2.29. The zero-order valence-corrected chi connectivity index (χ0v) is 10.8. The Morgan fingerprint density at radius 3 is 1.70 bits per heavy atom. The van der Waals surface area contributed by atoms with E-state index in [0.717, 1.165) is 17.8 Å². The molecule has 0 aliphatic carbocycles. The first kappa shape index (κ1) is 11.3. The molecule has 10 heavy (non-hydrogen) atoms. The smallest absolute Gasteiger partial charge is 0.167 e. The fourth-order valence-electron chi connectivity index (χ4n) is 0.815. The number of hydrogen-bond donors (Lipinski definition) is 0. The molecule has 0 bridgehead atoms. The van der Waals surface area contributed by atoms with Crippen LogP contribution in [0.5, 0.6) is 0 Å². The van der Waals surface area contributed by atoms with Gasteiger partial charge in [0.25, 0.3) is 0 Å². The van der Waals surface area contributed by atoms with Crippen molar-refractivity contribution in [3.63, 3.8) is 0 Å². The van der Waals surface area contributed by atoms with Crippen LogP contribution in [-0.4, -0.2) is 14.8 Å². The van der Waals surface area contributed by atoms with Crippen LogP contribution in [0.25, 0.3) is 0 Å². The van der Waals surface area contributed by atoms with Gasteiger partial charge in [-0.2, -0.15) is 33.2 Å². The standard InChI is InChI=1S/C5H13Cl3Si2/c1-3-10(8,4-2)5-9(6)7/h9H,3-5H2,1-2H3. The molecule has 0 N–H and O–H groups in total. The predicted octanol–water partition coefficient (Wildman–Crippen LogP) is 3.45. The van der Waals surface area contributed by atoms with Gasteiger partial charge in [-0.25, -0.2) is 0 Å². The van der Waals surface area contributed by atoms with Crippen LogP contribution in [0.4, 0.5) is 0 Å². The largest absolute Gasteiger partial charge is 0.235 e. The van der Waals surface area contributed by atoms with Crippen LogP contribution in [0.3, 0.4) is 0 Å². The molecular formula is C5H13Cl3Si2. The lowest BCUT2D eigenvalue weighted by Gasteiger charge is -2.20. The molecule has 0 saturated heterocycles. The molecule has 0 aromatic rings. The van der Waals surface area contributed by atoms with Crippen molar-refractivity contribution in [2.45, 2.75) is 31.6 Å². The van der Waals surface area contributed by atoms with E-state index in [0.29, 0.717) is 0 Å². The predicted molar refractivity (Wildman–Crippen MR) is 56.2 cm³/mol. The zero-order valence-electron chi connectivity index (χ0n) is 6.33. The average molecular weight is 236 g/mol. The van der Waals surface area contributed by atoms with Gasteiger partial charge in [-0.05, 0) is 17.8 Å². The highest BCUT2D eigenvalue weighted by atomic mass is 35.7. The van der Waals surface area contributed by atoms with E-state index in [1.54, 1.807) is 0 Å². The molecule has 0 rings (SSSR count). The minimum atomic E-state index is -1.49. The van der Waals surface area contributed by atoms with E-state index in [9.17, 15) is 0 Å². The molecule has 62 valence electrons. The van der Waals surface area contributed by atoms with Crippen LogP contribution in [0, 0.1) is 0 Å². The minimum absolute atomic E-state index is 0.949. The van der Waals surface area contributed by atoms with Gasteiger partial charge < -0.3 is 0 Å². The molecule has 0 nitrogen and oxygen atoms in total. The van der Waals surface area contributed by atoms with Gasteiger partial charge >= 0.3 is 0 Å². The van der Waals surface area contributed by atoms with Gasteiger partial charge in [0, 0.05) is 0 Å².